The minimum absolute atomic E-state index is 0.189. The molecule has 0 saturated heterocycles. The molecule has 0 aliphatic heterocycles. The van der Waals surface area contributed by atoms with E-state index in [1.807, 2.05) is 12.4 Å². The molecule has 1 saturated carbocycles. The fraction of sp³-hybridized carbons (Fsp3) is 0.667. The summed E-state index contributed by atoms with van der Waals surface area (Å²) in [6.45, 7) is 4.49. The maximum absolute atomic E-state index is 6.18. The van der Waals surface area contributed by atoms with Crippen molar-refractivity contribution in [1.82, 2.24) is 4.98 Å². The van der Waals surface area contributed by atoms with Gasteiger partial charge in [0.25, 0.3) is 0 Å². The summed E-state index contributed by atoms with van der Waals surface area (Å²) in [5, 5.41) is 1.18. The standard InChI is InChI=1S/C15H24N2S/c1-11-4-3-5-14(10-11)18-15(12(2)16)13-6-8-17-9-7-13/h6-9,11-12,14-15H,3-5,10,16H2,1-2H3. The highest BCUT2D eigenvalue weighted by molar-refractivity contribution is 8.00. The lowest BCUT2D eigenvalue weighted by Crippen LogP contribution is -2.26. The first kappa shape index (κ1) is 13.9. The van der Waals surface area contributed by atoms with E-state index in [-0.39, 0.29) is 6.04 Å². The van der Waals surface area contributed by atoms with Crippen molar-refractivity contribution >= 4 is 11.8 Å². The zero-order valence-corrected chi connectivity index (χ0v) is 12.2. The van der Waals surface area contributed by atoms with Crippen molar-refractivity contribution in [2.75, 3.05) is 0 Å². The van der Waals surface area contributed by atoms with Crippen LogP contribution in [0.1, 0.15) is 50.3 Å². The summed E-state index contributed by atoms with van der Waals surface area (Å²) in [6.07, 6.45) is 9.21. The summed E-state index contributed by atoms with van der Waals surface area (Å²) in [7, 11) is 0. The Morgan fingerprint density at radius 1 is 1.33 bits per heavy atom. The van der Waals surface area contributed by atoms with E-state index >= 15 is 0 Å². The third-order valence-corrected chi connectivity index (χ3v) is 5.55. The number of hydrogen-bond donors (Lipinski definition) is 1. The fourth-order valence-corrected chi connectivity index (χ4v) is 4.49. The average molecular weight is 264 g/mol. The van der Waals surface area contributed by atoms with Gasteiger partial charge < -0.3 is 5.73 Å². The molecule has 4 atom stereocenters. The number of nitrogens with zero attached hydrogens (tertiary/aromatic N) is 1. The predicted molar refractivity (Wildman–Crippen MR) is 79.6 cm³/mol. The number of nitrogens with two attached hydrogens (primary N) is 1. The van der Waals surface area contributed by atoms with E-state index in [2.05, 4.69) is 42.7 Å². The van der Waals surface area contributed by atoms with Gasteiger partial charge in [0.05, 0.1) is 0 Å². The average Bonchev–Trinajstić information content (AvgIpc) is 2.37. The van der Waals surface area contributed by atoms with Gasteiger partial charge in [-0.15, -0.1) is 11.8 Å². The summed E-state index contributed by atoms with van der Waals surface area (Å²) < 4.78 is 0. The normalized spacial score (nSPS) is 27.7. The molecular weight excluding hydrogens is 240 g/mol. The maximum atomic E-state index is 6.18. The molecule has 1 aliphatic carbocycles. The maximum Gasteiger partial charge on any atom is 0.0449 e. The summed E-state index contributed by atoms with van der Waals surface area (Å²) >= 11 is 2.08. The third-order valence-electron chi connectivity index (χ3n) is 3.74. The van der Waals surface area contributed by atoms with Gasteiger partial charge in [-0.25, -0.2) is 0 Å². The number of thioether (sulfide) groups is 1. The molecule has 100 valence electrons. The summed E-state index contributed by atoms with van der Waals surface area (Å²) in [4.78, 5) is 4.10. The highest BCUT2D eigenvalue weighted by Gasteiger charge is 2.25. The van der Waals surface area contributed by atoms with E-state index in [0.717, 1.165) is 11.2 Å². The van der Waals surface area contributed by atoms with Gasteiger partial charge in [0.1, 0.15) is 0 Å². The molecule has 4 unspecified atom stereocenters. The van der Waals surface area contributed by atoms with Crippen molar-refractivity contribution in [1.29, 1.82) is 0 Å². The Hall–Kier alpha value is -0.540. The molecule has 0 aromatic carbocycles. The predicted octanol–water partition coefficient (Wildman–Crippen LogP) is 3.78. The monoisotopic (exact) mass is 264 g/mol. The Balaban J connectivity index is 2.03. The van der Waals surface area contributed by atoms with Gasteiger partial charge in [0.15, 0.2) is 0 Å². The molecule has 0 spiro atoms. The molecule has 0 radical (unpaired) electrons. The van der Waals surface area contributed by atoms with E-state index < -0.39 is 0 Å². The van der Waals surface area contributed by atoms with Crippen LogP contribution in [0, 0.1) is 5.92 Å². The minimum atomic E-state index is 0.189. The second-order valence-electron chi connectivity index (χ2n) is 5.59. The van der Waals surface area contributed by atoms with Crippen LogP contribution < -0.4 is 5.73 Å². The molecule has 1 aromatic rings. The first-order valence-electron chi connectivity index (χ1n) is 6.97. The Kier molecular flexibility index (Phi) is 5.07. The van der Waals surface area contributed by atoms with Crippen molar-refractivity contribution in [2.24, 2.45) is 11.7 Å². The second-order valence-corrected chi connectivity index (χ2v) is 7.04. The molecule has 2 rings (SSSR count). The molecule has 2 N–H and O–H groups in total. The van der Waals surface area contributed by atoms with E-state index in [1.165, 1.54) is 31.2 Å². The quantitative estimate of drug-likeness (QED) is 0.899. The van der Waals surface area contributed by atoms with Crippen LogP contribution in [0.4, 0.5) is 0 Å². The van der Waals surface area contributed by atoms with Crippen molar-refractivity contribution in [3.05, 3.63) is 30.1 Å². The van der Waals surface area contributed by atoms with E-state index in [1.54, 1.807) is 0 Å². The first-order valence-corrected chi connectivity index (χ1v) is 7.92. The molecule has 0 bridgehead atoms. The number of hydrogen-bond acceptors (Lipinski definition) is 3. The van der Waals surface area contributed by atoms with Gasteiger partial charge in [-0.05, 0) is 43.4 Å². The number of aromatic nitrogens is 1. The SMILES string of the molecule is CC1CCCC(SC(c2ccncc2)C(C)N)C1. The first-order chi connectivity index (χ1) is 8.66. The minimum Gasteiger partial charge on any atom is -0.327 e. The Bertz CT molecular complexity index is 353. The lowest BCUT2D eigenvalue weighted by molar-refractivity contribution is 0.393. The molecular formula is C15H24N2S. The summed E-state index contributed by atoms with van der Waals surface area (Å²) in [5.41, 5.74) is 7.50. The van der Waals surface area contributed by atoms with Crippen LogP contribution in [0.15, 0.2) is 24.5 Å². The van der Waals surface area contributed by atoms with Crippen molar-refractivity contribution in [3.8, 4) is 0 Å². The highest BCUT2D eigenvalue weighted by Crippen LogP contribution is 2.41. The van der Waals surface area contributed by atoms with Crippen LogP contribution in [0.2, 0.25) is 0 Å². The molecule has 1 aromatic heterocycles. The van der Waals surface area contributed by atoms with Gasteiger partial charge in [-0.2, -0.15) is 0 Å². The van der Waals surface area contributed by atoms with E-state index in [4.69, 9.17) is 5.73 Å². The van der Waals surface area contributed by atoms with Gasteiger partial charge in [0.2, 0.25) is 0 Å². The van der Waals surface area contributed by atoms with Crippen LogP contribution in [0.3, 0.4) is 0 Å². The van der Waals surface area contributed by atoms with E-state index in [9.17, 15) is 0 Å². The number of pyridine rings is 1. The molecule has 2 nitrogen and oxygen atoms in total. The molecule has 1 fully saturated rings. The Morgan fingerprint density at radius 2 is 2.06 bits per heavy atom. The number of rotatable bonds is 4. The third kappa shape index (κ3) is 3.72. The summed E-state index contributed by atoms with van der Waals surface area (Å²) in [5.74, 6) is 0.877. The lowest BCUT2D eigenvalue weighted by atomic mass is 9.90. The smallest absolute Gasteiger partial charge is 0.0449 e. The van der Waals surface area contributed by atoms with Gasteiger partial charge in [-0.1, -0.05) is 19.8 Å². The lowest BCUT2D eigenvalue weighted by Gasteiger charge is -2.31. The van der Waals surface area contributed by atoms with Gasteiger partial charge in [-0.3, -0.25) is 4.98 Å². The highest BCUT2D eigenvalue weighted by atomic mass is 32.2. The van der Waals surface area contributed by atoms with Crippen LogP contribution >= 0.6 is 11.8 Å². The largest absolute Gasteiger partial charge is 0.327 e. The molecule has 1 aliphatic rings. The van der Waals surface area contributed by atoms with Gasteiger partial charge in [0, 0.05) is 28.9 Å². The van der Waals surface area contributed by atoms with Crippen LogP contribution in [-0.2, 0) is 0 Å². The van der Waals surface area contributed by atoms with Crippen molar-refractivity contribution in [2.45, 2.75) is 56.1 Å². The van der Waals surface area contributed by atoms with E-state index in [0.29, 0.717) is 5.25 Å². The molecule has 3 heteroatoms. The van der Waals surface area contributed by atoms with Crippen LogP contribution in [0.5, 0.6) is 0 Å². The molecule has 18 heavy (non-hydrogen) atoms. The second kappa shape index (κ2) is 6.58. The fourth-order valence-electron chi connectivity index (χ4n) is 2.77. The van der Waals surface area contributed by atoms with Crippen molar-refractivity contribution < 1.29 is 0 Å². The molecule has 1 heterocycles. The Labute approximate surface area is 115 Å². The van der Waals surface area contributed by atoms with Crippen LogP contribution in [-0.4, -0.2) is 16.3 Å². The zero-order chi connectivity index (χ0) is 13.0. The van der Waals surface area contributed by atoms with Crippen LogP contribution in [0.25, 0.3) is 0 Å². The zero-order valence-electron chi connectivity index (χ0n) is 11.4. The Morgan fingerprint density at radius 3 is 2.67 bits per heavy atom. The molecule has 0 amide bonds. The summed E-state index contributed by atoms with van der Waals surface area (Å²) in [6, 6.07) is 4.40. The topological polar surface area (TPSA) is 38.9 Å². The van der Waals surface area contributed by atoms with Crippen molar-refractivity contribution in [3.63, 3.8) is 0 Å². The van der Waals surface area contributed by atoms with Gasteiger partial charge >= 0.3 is 0 Å².